The van der Waals surface area contributed by atoms with Crippen molar-refractivity contribution >= 4 is 11.9 Å². The van der Waals surface area contributed by atoms with Crippen LogP contribution in [-0.2, 0) is 27.3 Å². The number of ether oxygens (including phenoxy) is 2. The minimum absolute atomic E-state index is 0.0880. The van der Waals surface area contributed by atoms with E-state index in [0.717, 1.165) is 16.9 Å². The second-order valence-electron chi connectivity index (χ2n) is 6.75. The average molecular weight is 369 g/mol. The third kappa shape index (κ3) is 3.23. The number of phenols is 1. The third-order valence-corrected chi connectivity index (χ3v) is 5.28. The number of rotatable bonds is 6. The van der Waals surface area contributed by atoms with Crippen molar-refractivity contribution in [1.29, 1.82) is 0 Å². The summed E-state index contributed by atoms with van der Waals surface area (Å²) in [6.45, 7) is 2.06. The summed E-state index contributed by atoms with van der Waals surface area (Å²) in [5, 5.41) is 9.50. The van der Waals surface area contributed by atoms with Crippen LogP contribution in [0.4, 0.5) is 0 Å². The number of carbonyl (C=O) groups excluding carboxylic acids is 2. The molecule has 0 radical (unpaired) electrons. The van der Waals surface area contributed by atoms with Crippen LogP contribution in [0.5, 0.6) is 11.5 Å². The van der Waals surface area contributed by atoms with Crippen LogP contribution >= 0.6 is 0 Å². The third-order valence-electron chi connectivity index (χ3n) is 5.28. The van der Waals surface area contributed by atoms with E-state index in [4.69, 9.17) is 9.47 Å². The van der Waals surface area contributed by atoms with Crippen LogP contribution in [0, 0.1) is 5.92 Å². The Bertz CT molecular complexity index is 831. The van der Waals surface area contributed by atoms with E-state index in [1.807, 2.05) is 24.3 Å². The molecule has 6 heteroatoms. The van der Waals surface area contributed by atoms with E-state index in [-0.39, 0.29) is 11.7 Å². The molecule has 0 unspecified atom stereocenters. The van der Waals surface area contributed by atoms with Gasteiger partial charge in [-0.3, -0.25) is 4.79 Å². The molecule has 0 saturated carbocycles. The number of nitrogens with zero attached hydrogens (tertiary/aromatic N) is 1. The van der Waals surface area contributed by atoms with Crippen LogP contribution in [0.3, 0.4) is 0 Å². The summed E-state index contributed by atoms with van der Waals surface area (Å²) in [5.74, 6) is -0.132. The Morgan fingerprint density at radius 1 is 1.07 bits per heavy atom. The molecule has 0 spiro atoms. The van der Waals surface area contributed by atoms with Crippen LogP contribution in [0.25, 0.3) is 0 Å². The van der Waals surface area contributed by atoms with Gasteiger partial charge in [-0.1, -0.05) is 31.2 Å². The summed E-state index contributed by atoms with van der Waals surface area (Å²) in [6, 6.07) is 14.0. The van der Waals surface area contributed by atoms with Gasteiger partial charge >= 0.3 is 5.97 Å². The van der Waals surface area contributed by atoms with Gasteiger partial charge < -0.3 is 19.5 Å². The predicted octanol–water partition coefficient (Wildman–Crippen LogP) is 2.53. The second kappa shape index (κ2) is 7.31. The fourth-order valence-electron chi connectivity index (χ4n) is 3.64. The first-order chi connectivity index (χ1) is 12.9. The summed E-state index contributed by atoms with van der Waals surface area (Å²) in [4.78, 5) is 27.0. The quantitative estimate of drug-likeness (QED) is 0.626. The highest BCUT2D eigenvalue weighted by atomic mass is 16.5. The zero-order chi connectivity index (χ0) is 19.6. The molecular formula is C21H23NO5. The molecule has 2 aromatic carbocycles. The number of aromatic hydroxyl groups is 1. The Morgan fingerprint density at radius 3 is 2.22 bits per heavy atom. The molecule has 6 nitrogen and oxygen atoms in total. The Labute approximate surface area is 158 Å². The summed E-state index contributed by atoms with van der Waals surface area (Å²) in [5.41, 5.74) is 0.676. The Hall–Kier alpha value is -3.02. The van der Waals surface area contributed by atoms with Crippen molar-refractivity contribution in [2.45, 2.75) is 25.4 Å². The number of β-lactam (4-membered cyclic amide) rings is 1. The smallest absolute Gasteiger partial charge is 0.332 e. The number of hydrogen-bond acceptors (Lipinski definition) is 5. The largest absolute Gasteiger partial charge is 0.508 e. The molecule has 2 atom stereocenters. The van der Waals surface area contributed by atoms with Gasteiger partial charge in [0.15, 0.2) is 5.54 Å². The van der Waals surface area contributed by atoms with Crippen molar-refractivity contribution in [2.24, 2.45) is 5.92 Å². The predicted molar refractivity (Wildman–Crippen MR) is 99.3 cm³/mol. The summed E-state index contributed by atoms with van der Waals surface area (Å²) in [6.07, 6.45) is 0.322. The van der Waals surface area contributed by atoms with Gasteiger partial charge in [-0.25, -0.2) is 4.79 Å². The van der Waals surface area contributed by atoms with E-state index >= 15 is 0 Å². The maximum atomic E-state index is 12.8. The molecule has 1 heterocycles. The molecule has 1 fully saturated rings. The molecule has 2 aromatic rings. The molecule has 3 rings (SSSR count). The van der Waals surface area contributed by atoms with Crippen molar-refractivity contribution < 1.29 is 24.2 Å². The van der Waals surface area contributed by atoms with Crippen molar-refractivity contribution in [3.8, 4) is 11.5 Å². The zero-order valence-corrected chi connectivity index (χ0v) is 15.6. The van der Waals surface area contributed by atoms with Crippen LogP contribution in [0.1, 0.15) is 18.1 Å². The minimum Gasteiger partial charge on any atom is -0.508 e. The van der Waals surface area contributed by atoms with Gasteiger partial charge in [-0.2, -0.15) is 0 Å². The second-order valence-corrected chi connectivity index (χ2v) is 6.75. The normalized spacial score (nSPS) is 21.5. The number of likely N-dealkylation sites (tertiary alicyclic amines) is 1. The number of amides is 1. The summed E-state index contributed by atoms with van der Waals surface area (Å²) < 4.78 is 10.2. The lowest BCUT2D eigenvalue weighted by Crippen LogP contribution is -2.74. The van der Waals surface area contributed by atoms with Crippen molar-refractivity contribution in [2.75, 3.05) is 14.2 Å². The number of hydrogen-bond donors (Lipinski definition) is 1. The van der Waals surface area contributed by atoms with Gasteiger partial charge in [0.1, 0.15) is 11.5 Å². The monoisotopic (exact) mass is 369 g/mol. The molecule has 142 valence electrons. The Kier molecular flexibility index (Phi) is 5.08. The van der Waals surface area contributed by atoms with Gasteiger partial charge in [0.05, 0.1) is 20.1 Å². The van der Waals surface area contributed by atoms with Gasteiger partial charge in [0.25, 0.3) is 0 Å². The maximum Gasteiger partial charge on any atom is 0.332 e. The lowest BCUT2D eigenvalue weighted by Gasteiger charge is -2.54. The first kappa shape index (κ1) is 18.8. The molecule has 1 aliphatic rings. The topological polar surface area (TPSA) is 76.1 Å². The fraction of sp³-hybridized carbons (Fsp3) is 0.333. The van der Waals surface area contributed by atoms with Gasteiger partial charge in [0.2, 0.25) is 5.91 Å². The SMILES string of the molecule is COC(=O)[C@]1(Cc2ccc(O)cc2)[C@H](C)C(=O)N1Cc1ccc(OC)cc1. The fourth-order valence-corrected chi connectivity index (χ4v) is 3.64. The molecule has 27 heavy (non-hydrogen) atoms. The van der Waals surface area contributed by atoms with Crippen molar-refractivity contribution in [1.82, 2.24) is 4.90 Å². The molecule has 1 aliphatic heterocycles. The van der Waals surface area contributed by atoms with Gasteiger partial charge in [-0.15, -0.1) is 0 Å². The number of carbonyl (C=O) groups is 2. The highest BCUT2D eigenvalue weighted by Crippen LogP contribution is 2.43. The molecule has 1 N–H and O–H groups in total. The molecular weight excluding hydrogens is 346 g/mol. The highest BCUT2D eigenvalue weighted by molar-refractivity contribution is 6.01. The van der Waals surface area contributed by atoms with Crippen molar-refractivity contribution in [3.05, 3.63) is 59.7 Å². The number of methoxy groups -OCH3 is 2. The van der Waals surface area contributed by atoms with Crippen LogP contribution in [-0.4, -0.2) is 41.6 Å². The van der Waals surface area contributed by atoms with Crippen LogP contribution in [0.2, 0.25) is 0 Å². The molecule has 0 aromatic heterocycles. The highest BCUT2D eigenvalue weighted by Gasteiger charge is 2.63. The molecule has 1 amide bonds. The average Bonchev–Trinajstić information content (AvgIpc) is 2.71. The van der Waals surface area contributed by atoms with E-state index in [0.29, 0.717) is 13.0 Å². The van der Waals surface area contributed by atoms with Crippen LogP contribution in [0.15, 0.2) is 48.5 Å². The minimum atomic E-state index is -1.07. The van der Waals surface area contributed by atoms with Crippen molar-refractivity contribution in [3.63, 3.8) is 0 Å². The lowest BCUT2D eigenvalue weighted by atomic mass is 9.70. The van der Waals surface area contributed by atoms with E-state index in [2.05, 4.69) is 0 Å². The molecule has 0 bridgehead atoms. The van der Waals surface area contributed by atoms with Gasteiger partial charge in [0, 0.05) is 13.0 Å². The van der Waals surface area contributed by atoms with E-state index in [9.17, 15) is 14.7 Å². The first-order valence-electron chi connectivity index (χ1n) is 8.73. The zero-order valence-electron chi connectivity index (χ0n) is 15.6. The van der Waals surface area contributed by atoms with E-state index in [1.54, 1.807) is 43.2 Å². The maximum absolute atomic E-state index is 12.8. The lowest BCUT2D eigenvalue weighted by molar-refractivity contribution is -0.190. The summed E-state index contributed by atoms with van der Waals surface area (Å²) >= 11 is 0. The number of phenolic OH excluding ortho intramolecular Hbond substituents is 1. The van der Waals surface area contributed by atoms with Gasteiger partial charge in [-0.05, 0) is 35.4 Å². The Balaban J connectivity index is 1.92. The van der Waals surface area contributed by atoms with E-state index < -0.39 is 17.4 Å². The number of esters is 1. The van der Waals surface area contributed by atoms with Crippen LogP contribution < -0.4 is 4.74 Å². The standard InChI is InChI=1S/C21H23NO5/c1-14-19(24)22(13-16-6-10-18(26-2)11-7-16)21(14,20(25)27-3)12-15-4-8-17(23)9-5-15/h4-11,14,23H,12-13H2,1-3H3/t14-,21+/m1/s1. The summed E-state index contributed by atoms with van der Waals surface area (Å²) in [7, 11) is 2.93. The molecule has 1 saturated heterocycles. The Morgan fingerprint density at radius 2 is 1.67 bits per heavy atom. The van der Waals surface area contributed by atoms with E-state index in [1.165, 1.54) is 7.11 Å². The number of benzene rings is 2. The molecule has 0 aliphatic carbocycles. The first-order valence-corrected chi connectivity index (χ1v) is 8.73.